The molecule has 3 aromatic rings. The lowest BCUT2D eigenvalue weighted by molar-refractivity contribution is -0.120. The number of aromatic carboxylic acids is 1. The van der Waals surface area contributed by atoms with E-state index < -0.39 is 5.97 Å². The molecule has 214 valence electrons. The molecule has 2 N–H and O–H groups in total. The van der Waals surface area contributed by atoms with Crippen molar-refractivity contribution in [1.29, 1.82) is 0 Å². The van der Waals surface area contributed by atoms with Crippen LogP contribution in [-0.2, 0) is 20.7 Å². The molecule has 4 aliphatic rings. The lowest BCUT2D eigenvalue weighted by Crippen LogP contribution is -2.44. The van der Waals surface area contributed by atoms with E-state index in [1.54, 1.807) is 12.1 Å². The predicted molar refractivity (Wildman–Crippen MR) is 161 cm³/mol. The fourth-order valence-electron chi connectivity index (χ4n) is 6.23. The number of nitrogens with zero attached hydrogens (tertiary/aromatic N) is 3. The molecule has 42 heavy (non-hydrogen) atoms. The number of fused-ring (bicyclic) bond motifs is 2. The van der Waals surface area contributed by atoms with Crippen LogP contribution in [0.2, 0.25) is 0 Å². The van der Waals surface area contributed by atoms with Gasteiger partial charge in [-0.3, -0.25) is 14.5 Å². The Bertz CT molecular complexity index is 1610. The van der Waals surface area contributed by atoms with Crippen LogP contribution in [0.1, 0.15) is 39.9 Å². The quantitative estimate of drug-likeness (QED) is 0.417. The number of anilines is 3. The number of carbonyl (C=O) groups excluding carboxylic acids is 2. The van der Waals surface area contributed by atoms with Gasteiger partial charge in [0.1, 0.15) is 0 Å². The maximum Gasteiger partial charge on any atom is 0.335 e. The summed E-state index contributed by atoms with van der Waals surface area (Å²) in [4.78, 5) is 44.7. The van der Waals surface area contributed by atoms with Crippen molar-refractivity contribution in [3.63, 3.8) is 0 Å². The molecule has 0 unspecified atom stereocenters. The maximum absolute atomic E-state index is 13.6. The molecule has 1 saturated heterocycles. The van der Waals surface area contributed by atoms with Crippen molar-refractivity contribution < 1.29 is 24.2 Å². The average molecular weight is 565 g/mol. The number of amides is 2. The topological polar surface area (TPSA) is 102 Å². The Morgan fingerprint density at radius 3 is 2.48 bits per heavy atom. The van der Waals surface area contributed by atoms with Gasteiger partial charge < -0.3 is 25.0 Å². The van der Waals surface area contributed by atoms with Gasteiger partial charge in [0.2, 0.25) is 5.91 Å². The van der Waals surface area contributed by atoms with Crippen LogP contribution in [0.25, 0.3) is 11.3 Å². The van der Waals surface area contributed by atoms with Gasteiger partial charge in [0.05, 0.1) is 42.3 Å². The molecule has 0 bridgehead atoms. The minimum absolute atomic E-state index is 0.106. The van der Waals surface area contributed by atoms with Crippen molar-refractivity contribution in [2.45, 2.75) is 25.3 Å². The highest BCUT2D eigenvalue weighted by atomic mass is 16.5. The summed E-state index contributed by atoms with van der Waals surface area (Å²) in [6, 6.07) is 21.2. The fourth-order valence-corrected chi connectivity index (χ4v) is 6.23. The van der Waals surface area contributed by atoms with Crippen molar-refractivity contribution in [2.75, 3.05) is 54.5 Å². The first-order chi connectivity index (χ1) is 20.5. The van der Waals surface area contributed by atoms with Crippen LogP contribution in [-0.4, -0.2) is 73.2 Å². The second-order valence-corrected chi connectivity index (χ2v) is 11.2. The van der Waals surface area contributed by atoms with Crippen molar-refractivity contribution in [2.24, 2.45) is 0 Å². The molecule has 1 aliphatic carbocycles. The van der Waals surface area contributed by atoms with Crippen LogP contribution in [0.5, 0.6) is 0 Å². The van der Waals surface area contributed by atoms with Gasteiger partial charge in [0.25, 0.3) is 5.91 Å². The normalized spacial score (nSPS) is 19.2. The summed E-state index contributed by atoms with van der Waals surface area (Å²) in [5, 5.41) is 12.4. The SMILES string of the molecule is O=C1Nc2cc(C(=O)O)ccc2C1=C(c1ccccc1)N(c1ccc2c(c1)CCN2C(=O)CN1CCOCC1)C1CC1. The molecule has 2 amide bonds. The van der Waals surface area contributed by atoms with Crippen molar-refractivity contribution in [3.05, 3.63) is 89.0 Å². The van der Waals surface area contributed by atoms with E-state index in [1.807, 2.05) is 41.3 Å². The minimum Gasteiger partial charge on any atom is -0.478 e. The lowest BCUT2D eigenvalue weighted by Gasteiger charge is -2.30. The molecular weight excluding hydrogens is 532 g/mol. The minimum atomic E-state index is -1.04. The Labute approximate surface area is 244 Å². The van der Waals surface area contributed by atoms with Crippen LogP contribution < -0.4 is 15.1 Å². The Morgan fingerprint density at radius 1 is 0.952 bits per heavy atom. The van der Waals surface area contributed by atoms with Crippen LogP contribution >= 0.6 is 0 Å². The molecule has 3 heterocycles. The number of carbonyl (C=O) groups is 3. The van der Waals surface area contributed by atoms with Gasteiger partial charge in [-0.15, -0.1) is 0 Å². The summed E-state index contributed by atoms with van der Waals surface area (Å²) in [6.07, 6.45) is 2.77. The zero-order valence-corrected chi connectivity index (χ0v) is 23.2. The number of hydrogen-bond donors (Lipinski definition) is 2. The Morgan fingerprint density at radius 2 is 1.74 bits per heavy atom. The highest BCUT2D eigenvalue weighted by Crippen LogP contribution is 2.46. The van der Waals surface area contributed by atoms with E-state index in [2.05, 4.69) is 27.2 Å². The number of ether oxygens (including phenoxy) is 1. The number of carboxylic acid groups (broad SMARTS) is 1. The molecule has 9 heteroatoms. The molecule has 7 rings (SSSR count). The highest BCUT2D eigenvalue weighted by Gasteiger charge is 2.38. The smallest absolute Gasteiger partial charge is 0.335 e. The van der Waals surface area contributed by atoms with Crippen LogP contribution in [0.15, 0.2) is 66.7 Å². The number of nitrogens with one attached hydrogen (secondary N) is 1. The Balaban J connectivity index is 1.28. The molecule has 3 aliphatic heterocycles. The average Bonchev–Trinajstić information content (AvgIpc) is 3.66. The summed E-state index contributed by atoms with van der Waals surface area (Å²) in [5.74, 6) is -1.18. The molecular formula is C33H32N4O5. The third kappa shape index (κ3) is 4.84. The third-order valence-electron chi connectivity index (χ3n) is 8.45. The highest BCUT2D eigenvalue weighted by molar-refractivity contribution is 6.37. The van der Waals surface area contributed by atoms with Gasteiger partial charge in [-0.25, -0.2) is 4.79 Å². The second-order valence-electron chi connectivity index (χ2n) is 11.2. The van der Waals surface area contributed by atoms with E-state index in [0.717, 1.165) is 60.6 Å². The van der Waals surface area contributed by atoms with E-state index >= 15 is 0 Å². The van der Waals surface area contributed by atoms with E-state index in [4.69, 9.17) is 4.74 Å². The number of morpholine rings is 1. The number of rotatable bonds is 7. The maximum atomic E-state index is 13.6. The van der Waals surface area contributed by atoms with E-state index in [-0.39, 0.29) is 23.4 Å². The summed E-state index contributed by atoms with van der Waals surface area (Å²) in [7, 11) is 0. The van der Waals surface area contributed by atoms with Gasteiger partial charge in [0, 0.05) is 42.6 Å². The lowest BCUT2D eigenvalue weighted by atomic mass is 9.97. The standard InChI is InChI=1S/C33H32N4O5/c38-29(20-35-14-16-42-17-15-35)36-13-12-22-18-25(9-11-28(22)36)37(24-7-8-24)31(21-4-2-1-3-5-21)30-26-10-6-23(33(40)41)19-27(26)34-32(30)39/h1-6,9-11,18-19,24H,7-8,12-17,20H2,(H,34,39)(H,40,41). The first-order valence-corrected chi connectivity index (χ1v) is 14.5. The summed E-state index contributed by atoms with van der Waals surface area (Å²) >= 11 is 0. The first kappa shape index (κ1) is 26.4. The molecule has 2 fully saturated rings. The summed E-state index contributed by atoms with van der Waals surface area (Å²) < 4.78 is 5.43. The molecule has 0 spiro atoms. The Hall–Kier alpha value is -4.47. The van der Waals surface area contributed by atoms with E-state index in [1.165, 1.54) is 6.07 Å². The number of carboxylic acids is 1. The third-order valence-corrected chi connectivity index (χ3v) is 8.45. The van der Waals surface area contributed by atoms with Gasteiger partial charge in [-0.2, -0.15) is 0 Å². The van der Waals surface area contributed by atoms with Gasteiger partial charge in [-0.1, -0.05) is 36.4 Å². The van der Waals surface area contributed by atoms with Gasteiger partial charge in [0.15, 0.2) is 0 Å². The molecule has 3 aromatic carbocycles. The van der Waals surface area contributed by atoms with Crippen molar-refractivity contribution >= 4 is 46.1 Å². The predicted octanol–water partition coefficient (Wildman–Crippen LogP) is 4.10. The molecule has 0 atom stereocenters. The molecule has 1 saturated carbocycles. The van der Waals surface area contributed by atoms with E-state index in [9.17, 15) is 19.5 Å². The van der Waals surface area contributed by atoms with Gasteiger partial charge >= 0.3 is 5.97 Å². The zero-order valence-electron chi connectivity index (χ0n) is 23.2. The molecule has 0 radical (unpaired) electrons. The molecule has 9 nitrogen and oxygen atoms in total. The second kappa shape index (κ2) is 10.7. The van der Waals surface area contributed by atoms with Crippen LogP contribution in [0, 0.1) is 0 Å². The van der Waals surface area contributed by atoms with Crippen LogP contribution in [0.4, 0.5) is 17.1 Å². The van der Waals surface area contributed by atoms with Crippen molar-refractivity contribution in [1.82, 2.24) is 4.90 Å². The number of benzene rings is 3. The molecule has 0 aromatic heterocycles. The monoisotopic (exact) mass is 564 g/mol. The first-order valence-electron chi connectivity index (χ1n) is 14.5. The fraction of sp³-hybridized carbons (Fsp3) is 0.303. The van der Waals surface area contributed by atoms with Crippen molar-refractivity contribution in [3.8, 4) is 0 Å². The Kier molecular flexibility index (Phi) is 6.76. The summed E-state index contributed by atoms with van der Waals surface area (Å²) in [5.41, 5.74) is 6.61. The van der Waals surface area contributed by atoms with Gasteiger partial charge in [-0.05, 0) is 60.7 Å². The largest absolute Gasteiger partial charge is 0.478 e. The number of hydrogen-bond acceptors (Lipinski definition) is 6. The summed E-state index contributed by atoms with van der Waals surface area (Å²) in [6.45, 7) is 3.90. The zero-order chi connectivity index (χ0) is 28.8. The van der Waals surface area contributed by atoms with Crippen LogP contribution in [0.3, 0.4) is 0 Å². The van der Waals surface area contributed by atoms with E-state index in [0.29, 0.717) is 43.1 Å².